The first-order valence-corrected chi connectivity index (χ1v) is 4.85. The van der Waals surface area contributed by atoms with Crippen LogP contribution in [0, 0.1) is 0 Å². The van der Waals surface area contributed by atoms with Gasteiger partial charge in [0, 0.05) is 18.0 Å². The van der Waals surface area contributed by atoms with Gasteiger partial charge in [-0.05, 0) is 12.7 Å². The lowest BCUT2D eigenvalue weighted by atomic mass is 10.2. The summed E-state index contributed by atoms with van der Waals surface area (Å²) in [6.07, 6.45) is 2.84. The van der Waals surface area contributed by atoms with Crippen molar-refractivity contribution in [2.75, 3.05) is 5.75 Å². The standard InChI is InChI=1S/C8H12N2OS/c1-3-12-8-9-4-7(5-10-8)6(2)11/h4-6,11H,3H2,1-2H3/t6-/m1/s1. The zero-order chi connectivity index (χ0) is 8.97. The van der Waals surface area contributed by atoms with Crippen molar-refractivity contribution >= 4 is 11.8 Å². The van der Waals surface area contributed by atoms with Crippen LogP contribution in [-0.4, -0.2) is 20.8 Å². The van der Waals surface area contributed by atoms with Crippen molar-refractivity contribution < 1.29 is 5.11 Å². The van der Waals surface area contributed by atoms with E-state index in [4.69, 9.17) is 5.11 Å². The van der Waals surface area contributed by atoms with Gasteiger partial charge in [-0.25, -0.2) is 9.97 Å². The molecule has 1 rings (SSSR count). The van der Waals surface area contributed by atoms with E-state index in [1.807, 2.05) is 0 Å². The molecule has 1 aromatic heterocycles. The Labute approximate surface area is 76.2 Å². The number of rotatable bonds is 3. The summed E-state index contributed by atoms with van der Waals surface area (Å²) in [6, 6.07) is 0. The topological polar surface area (TPSA) is 46.0 Å². The summed E-state index contributed by atoms with van der Waals surface area (Å²) in [4.78, 5) is 8.16. The average molecular weight is 184 g/mol. The van der Waals surface area contributed by atoms with Crippen molar-refractivity contribution in [2.45, 2.75) is 25.1 Å². The predicted octanol–water partition coefficient (Wildman–Crippen LogP) is 1.64. The summed E-state index contributed by atoms with van der Waals surface area (Å²) in [6.45, 7) is 3.75. The van der Waals surface area contributed by atoms with Crippen molar-refractivity contribution in [3.63, 3.8) is 0 Å². The lowest BCUT2D eigenvalue weighted by Gasteiger charge is -2.02. The molecular formula is C8H12N2OS. The third kappa shape index (κ3) is 2.46. The summed E-state index contributed by atoms with van der Waals surface area (Å²) in [5.74, 6) is 0.966. The number of thioether (sulfide) groups is 1. The van der Waals surface area contributed by atoms with Gasteiger partial charge in [0.1, 0.15) is 0 Å². The van der Waals surface area contributed by atoms with E-state index in [0.29, 0.717) is 0 Å². The monoisotopic (exact) mass is 184 g/mol. The molecule has 3 nitrogen and oxygen atoms in total. The highest BCUT2D eigenvalue weighted by molar-refractivity contribution is 7.99. The molecule has 0 aromatic carbocycles. The molecular weight excluding hydrogens is 172 g/mol. The highest BCUT2D eigenvalue weighted by atomic mass is 32.2. The summed E-state index contributed by atoms with van der Waals surface area (Å²) >= 11 is 1.59. The second kappa shape index (κ2) is 4.42. The van der Waals surface area contributed by atoms with Crippen LogP contribution in [0.3, 0.4) is 0 Å². The van der Waals surface area contributed by atoms with Crippen molar-refractivity contribution in [3.05, 3.63) is 18.0 Å². The molecule has 0 fully saturated rings. The predicted molar refractivity (Wildman–Crippen MR) is 49.1 cm³/mol. The van der Waals surface area contributed by atoms with Crippen molar-refractivity contribution in [3.8, 4) is 0 Å². The number of aromatic nitrogens is 2. The largest absolute Gasteiger partial charge is 0.389 e. The van der Waals surface area contributed by atoms with E-state index in [0.717, 1.165) is 16.5 Å². The molecule has 0 aliphatic heterocycles. The molecule has 66 valence electrons. The first kappa shape index (κ1) is 9.48. The van der Waals surface area contributed by atoms with Crippen molar-refractivity contribution in [1.29, 1.82) is 0 Å². The van der Waals surface area contributed by atoms with E-state index in [9.17, 15) is 0 Å². The van der Waals surface area contributed by atoms with Crippen LogP contribution in [0.15, 0.2) is 17.6 Å². The third-order valence-electron chi connectivity index (χ3n) is 1.40. The molecule has 0 radical (unpaired) electrons. The van der Waals surface area contributed by atoms with Crippen LogP contribution in [-0.2, 0) is 0 Å². The van der Waals surface area contributed by atoms with Gasteiger partial charge in [0.2, 0.25) is 0 Å². The summed E-state index contributed by atoms with van der Waals surface area (Å²) in [5, 5.41) is 9.92. The van der Waals surface area contributed by atoms with Crippen LogP contribution in [0.5, 0.6) is 0 Å². The molecule has 0 unspecified atom stereocenters. The molecule has 1 aromatic rings. The number of hydrogen-bond donors (Lipinski definition) is 1. The molecule has 0 amide bonds. The fraction of sp³-hybridized carbons (Fsp3) is 0.500. The van der Waals surface area contributed by atoms with Crippen LogP contribution in [0.2, 0.25) is 0 Å². The Kier molecular flexibility index (Phi) is 3.49. The van der Waals surface area contributed by atoms with Gasteiger partial charge in [0.15, 0.2) is 5.16 Å². The Balaban J connectivity index is 2.71. The SMILES string of the molecule is CCSc1ncc([C@@H](C)O)cn1. The number of aliphatic hydroxyl groups is 1. The lowest BCUT2D eigenvalue weighted by Crippen LogP contribution is -1.95. The summed E-state index contributed by atoms with van der Waals surface area (Å²) in [5.41, 5.74) is 0.760. The highest BCUT2D eigenvalue weighted by Gasteiger charge is 2.01. The zero-order valence-corrected chi connectivity index (χ0v) is 8.01. The molecule has 0 saturated carbocycles. The maximum Gasteiger partial charge on any atom is 0.187 e. The Hall–Kier alpha value is -0.610. The summed E-state index contributed by atoms with van der Waals surface area (Å²) in [7, 11) is 0. The van der Waals surface area contributed by atoms with Gasteiger partial charge < -0.3 is 5.11 Å². The number of hydrogen-bond acceptors (Lipinski definition) is 4. The van der Waals surface area contributed by atoms with Gasteiger partial charge in [0.05, 0.1) is 6.10 Å². The first-order chi connectivity index (χ1) is 5.74. The molecule has 4 heteroatoms. The molecule has 0 saturated heterocycles. The minimum atomic E-state index is -0.481. The van der Waals surface area contributed by atoms with E-state index in [1.54, 1.807) is 31.1 Å². The maximum absolute atomic E-state index is 9.16. The fourth-order valence-corrected chi connectivity index (χ4v) is 1.26. The Morgan fingerprint density at radius 3 is 2.50 bits per heavy atom. The second-order valence-electron chi connectivity index (χ2n) is 2.41. The fourth-order valence-electron chi connectivity index (χ4n) is 0.746. The minimum absolute atomic E-state index is 0.481. The third-order valence-corrected chi connectivity index (χ3v) is 2.16. The zero-order valence-electron chi connectivity index (χ0n) is 7.19. The van der Waals surface area contributed by atoms with E-state index >= 15 is 0 Å². The van der Waals surface area contributed by atoms with Crippen LogP contribution in [0.4, 0.5) is 0 Å². The highest BCUT2D eigenvalue weighted by Crippen LogP contribution is 2.14. The van der Waals surface area contributed by atoms with Crippen LogP contribution in [0.1, 0.15) is 25.5 Å². The van der Waals surface area contributed by atoms with E-state index < -0.39 is 6.10 Å². The van der Waals surface area contributed by atoms with Gasteiger partial charge in [-0.1, -0.05) is 18.7 Å². The molecule has 1 atom stereocenters. The Morgan fingerprint density at radius 1 is 1.50 bits per heavy atom. The van der Waals surface area contributed by atoms with Gasteiger partial charge in [-0.3, -0.25) is 0 Å². The lowest BCUT2D eigenvalue weighted by molar-refractivity contribution is 0.198. The number of aliphatic hydroxyl groups excluding tert-OH is 1. The molecule has 0 spiro atoms. The maximum atomic E-state index is 9.16. The molecule has 12 heavy (non-hydrogen) atoms. The average Bonchev–Trinajstić information content (AvgIpc) is 2.06. The van der Waals surface area contributed by atoms with Gasteiger partial charge in [-0.15, -0.1) is 0 Å². The Morgan fingerprint density at radius 2 is 2.08 bits per heavy atom. The van der Waals surface area contributed by atoms with Gasteiger partial charge in [-0.2, -0.15) is 0 Å². The molecule has 0 bridgehead atoms. The van der Waals surface area contributed by atoms with Crippen LogP contribution in [0.25, 0.3) is 0 Å². The van der Waals surface area contributed by atoms with Crippen molar-refractivity contribution in [1.82, 2.24) is 9.97 Å². The minimum Gasteiger partial charge on any atom is -0.389 e. The quantitative estimate of drug-likeness (QED) is 0.573. The molecule has 1 heterocycles. The molecule has 0 aliphatic rings. The van der Waals surface area contributed by atoms with Crippen LogP contribution >= 0.6 is 11.8 Å². The normalized spacial score (nSPS) is 12.9. The van der Waals surface area contributed by atoms with E-state index in [2.05, 4.69) is 16.9 Å². The van der Waals surface area contributed by atoms with Gasteiger partial charge >= 0.3 is 0 Å². The second-order valence-corrected chi connectivity index (χ2v) is 3.64. The molecule has 0 aliphatic carbocycles. The van der Waals surface area contributed by atoms with Crippen molar-refractivity contribution in [2.24, 2.45) is 0 Å². The number of nitrogens with zero attached hydrogens (tertiary/aromatic N) is 2. The Bertz CT molecular complexity index is 235. The van der Waals surface area contributed by atoms with Gasteiger partial charge in [0.25, 0.3) is 0 Å². The smallest absolute Gasteiger partial charge is 0.187 e. The van der Waals surface area contributed by atoms with E-state index in [-0.39, 0.29) is 0 Å². The first-order valence-electron chi connectivity index (χ1n) is 3.87. The van der Waals surface area contributed by atoms with Crippen LogP contribution < -0.4 is 0 Å². The summed E-state index contributed by atoms with van der Waals surface area (Å²) < 4.78 is 0. The van der Waals surface area contributed by atoms with E-state index in [1.165, 1.54) is 0 Å². The molecule has 1 N–H and O–H groups in total.